The number of hydrogen-bond donors (Lipinski definition) is 0. The van der Waals surface area contributed by atoms with Crippen LogP contribution in [0.25, 0.3) is 6.08 Å². The van der Waals surface area contributed by atoms with Gasteiger partial charge in [-0.15, -0.1) is 0 Å². The predicted octanol–water partition coefficient (Wildman–Crippen LogP) is 4.92. The highest BCUT2D eigenvalue weighted by atomic mass is 16.5. The molecule has 4 aliphatic carbocycles. The van der Waals surface area contributed by atoms with E-state index in [1.54, 1.807) is 7.11 Å². The van der Waals surface area contributed by atoms with Crippen LogP contribution >= 0.6 is 0 Å². The lowest BCUT2D eigenvalue weighted by atomic mass is 9.49. The zero-order valence-electron chi connectivity index (χ0n) is 12.3. The van der Waals surface area contributed by atoms with Crippen molar-refractivity contribution in [1.29, 1.82) is 0 Å². The minimum Gasteiger partial charge on any atom is -0.496 e. The van der Waals surface area contributed by atoms with E-state index >= 15 is 0 Å². The Morgan fingerprint density at radius 3 is 2.20 bits per heavy atom. The van der Waals surface area contributed by atoms with Crippen molar-refractivity contribution < 1.29 is 4.74 Å². The van der Waals surface area contributed by atoms with Gasteiger partial charge in [-0.05, 0) is 67.8 Å². The third-order valence-electron chi connectivity index (χ3n) is 5.84. The van der Waals surface area contributed by atoms with E-state index in [1.807, 2.05) is 6.07 Å². The van der Waals surface area contributed by atoms with Crippen LogP contribution in [0, 0.1) is 23.2 Å². The standard InChI is InChI=1S/C19H24O/c1-20-18-5-3-2-4-17(18)6-7-19-11-14-8-15(12-19)10-16(9-14)13-19/h2-7,14-16H,8-13H2,1H3/b7-6+. The summed E-state index contributed by atoms with van der Waals surface area (Å²) in [5.41, 5.74) is 1.74. The van der Waals surface area contributed by atoms with Gasteiger partial charge in [0.05, 0.1) is 7.11 Å². The molecule has 5 rings (SSSR count). The van der Waals surface area contributed by atoms with Gasteiger partial charge in [0.15, 0.2) is 0 Å². The molecule has 0 saturated heterocycles. The maximum Gasteiger partial charge on any atom is 0.126 e. The molecule has 0 N–H and O–H groups in total. The molecule has 0 aliphatic heterocycles. The summed E-state index contributed by atoms with van der Waals surface area (Å²) < 4.78 is 5.47. The van der Waals surface area contributed by atoms with Crippen molar-refractivity contribution in [3.05, 3.63) is 35.9 Å². The molecule has 1 nitrogen and oxygen atoms in total. The van der Waals surface area contributed by atoms with Crippen LogP contribution in [0.4, 0.5) is 0 Å². The van der Waals surface area contributed by atoms with Crippen LogP contribution in [-0.2, 0) is 0 Å². The fourth-order valence-electron chi connectivity index (χ4n) is 5.45. The molecule has 0 aromatic heterocycles. The van der Waals surface area contributed by atoms with Crippen LogP contribution in [0.5, 0.6) is 5.75 Å². The zero-order chi connectivity index (χ0) is 13.6. The summed E-state index contributed by atoms with van der Waals surface area (Å²) in [5.74, 6) is 4.05. The Labute approximate surface area is 122 Å². The van der Waals surface area contributed by atoms with Gasteiger partial charge in [0, 0.05) is 5.56 Å². The largest absolute Gasteiger partial charge is 0.496 e. The van der Waals surface area contributed by atoms with Crippen LogP contribution in [-0.4, -0.2) is 7.11 Å². The van der Waals surface area contributed by atoms with Crippen molar-refractivity contribution in [2.75, 3.05) is 7.11 Å². The molecule has 0 unspecified atom stereocenters. The molecule has 4 aliphatic rings. The van der Waals surface area contributed by atoms with E-state index in [0.29, 0.717) is 5.41 Å². The molecule has 106 valence electrons. The lowest BCUT2D eigenvalue weighted by Gasteiger charge is -2.55. The quantitative estimate of drug-likeness (QED) is 0.755. The second-order valence-electron chi connectivity index (χ2n) is 7.36. The molecular formula is C19H24O. The number of hydrogen-bond acceptors (Lipinski definition) is 1. The van der Waals surface area contributed by atoms with Gasteiger partial charge in [0.25, 0.3) is 0 Å². The highest BCUT2D eigenvalue weighted by Crippen LogP contribution is 2.60. The Kier molecular flexibility index (Phi) is 2.90. The fraction of sp³-hybridized carbons (Fsp3) is 0.579. The van der Waals surface area contributed by atoms with Gasteiger partial charge >= 0.3 is 0 Å². The lowest BCUT2D eigenvalue weighted by Crippen LogP contribution is -2.44. The van der Waals surface area contributed by atoms with Gasteiger partial charge in [0.1, 0.15) is 5.75 Å². The fourth-order valence-corrected chi connectivity index (χ4v) is 5.45. The highest BCUT2D eigenvalue weighted by Gasteiger charge is 2.49. The number of para-hydroxylation sites is 1. The first-order chi connectivity index (χ1) is 9.76. The molecule has 0 amide bonds. The summed E-state index contributed by atoms with van der Waals surface area (Å²) in [5, 5.41) is 0. The first-order valence-electron chi connectivity index (χ1n) is 8.09. The molecule has 0 spiro atoms. The summed E-state index contributed by atoms with van der Waals surface area (Å²) in [6.45, 7) is 0. The predicted molar refractivity (Wildman–Crippen MR) is 82.6 cm³/mol. The van der Waals surface area contributed by atoms with Gasteiger partial charge in [-0.25, -0.2) is 0 Å². The monoisotopic (exact) mass is 268 g/mol. The molecule has 0 atom stereocenters. The van der Waals surface area contributed by atoms with Crippen LogP contribution in [0.1, 0.15) is 44.1 Å². The van der Waals surface area contributed by atoms with Gasteiger partial charge < -0.3 is 4.74 Å². The number of rotatable bonds is 3. The Balaban J connectivity index is 1.60. The van der Waals surface area contributed by atoms with Gasteiger partial charge in [-0.3, -0.25) is 0 Å². The van der Waals surface area contributed by atoms with Gasteiger partial charge in [-0.1, -0.05) is 30.4 Å². The second kappa shape index (κ2) is 4.65. The van der Waals surface area contributed by atoms with Gasteiger partial charge in [0.2, 0.25) is 0 Å². The van der Waals surface area contributed by atoms with E-state index < -0.39 is 0 Å². The van der Waals surface area contributed by atoms with Crippen molar-refractivity contribution in [2.24, 2.45) is 23.2 Å². The minimum atomic E-state index is 0.510. The van der Waals surface area contributed by atoms with Crippen LogP contribution < -0.4 is 4.74 Å². The first-order valence-corrected chi connectivity index (χ1v) is 8.09. The number of benzene rings is 1. The van der Waals surface area contributed by atoms with Crippen LogP contribution in [0.3, 0.4) is 0 Å². The van der Waals surface area contributed by atoms with E-state index in [9.17, 15) is 0 Å². The molecule has 1 aromatic carbocycles. The molecule has 20 heavy (non-hydrogen) atoms. The normalized spacial score (nSPS) is 38.5. The smallest absolute Gasteiger partial charge is 0.126 e. The third kappa shape index (κ3) is 2.08. The molecule has 1 heteroatoms. The molecular weight excluding hydrogens is 244 g/mol. The van der Waals surface area contributed by atoms with E-state index in [0.717, 1.165) is 23.5 Å². The lowest BCUT2D eigenvalue weighted by molar-refractivity contribution is -0.0232. The average molecular weight is 268 g/mol. The van der Waals surface area contributed by atoms with Crippen molar-refractivity contribution in [1.82, 2.24) is 0 Å². The molecule has 4 fully saturated rings. The molecule has 0 heterocycles. The molecule has 4 saturated carbocycles. The maximum atomic E-state index is 5.47. The topological polar surface area (TPSA) is 9.23 Å². The summed E-state index contributed by atoms with van der Waals surface area (Å²) >= 11 is 0. The van der Waals surface area contributed by atoms with Crippen molar-refractivity contribution in [3.8, 4) is 5.75 Å². The summed E-state index contributed by atoms with van der Waals surface area (Å²) in [6.07, 6.45) is 13.7. The van der Waals surface area contributed by atoms with Crippen molar-refractivity contribution in [2.45, 2.75) is 38.5 Å². The SMILES string of the molecule is COc1ccccc1/C=C/C12CC3CC(CC(C3)C1)C2. The van der Waals surface area contributed by atoms with Crippen LogP contribution in [0.2, 0.25) is 0 Å². The van der Waals surface area contributed by atoms with E-state index in [1.165, 1.54) is 44.1 Å². The molecule has 1 aromatic rings. The third-order valence-corrected chi connectivity index (χ3v) is 5.84. The van der Waals surface area contributed by atoms with Crippen LogP contribution in [0.15, 0.2) is 30.3 Å². The maximum absolute atomic E-state index is 5.47. The second-order valence-corrected chi connectivity index (χ2v) is 7.36. The molecule has 0 radical (unpaired) electrons. The Morgan fingerprint density at radius 2 is 1.60 bits per heavy atom. The molecule has 4 bridgehead atoms. The number of allylic oxidation sites excluding steroid dienone is 1. The zero-order valence-corrected chi connectivity index (χ0v) is 12.3. The number of ether oxygens (including phenoxy) is 1. The minimum absolute atomic E-state index is 0.510. The summed E-state index contributed by atoms with van der Waals surface area (Å²) in [7, 11) is 1.76. The summed E-state index contributed by atoms with van der Waals surface area (Å²) in [4.78, 5) is 0. The highest BCUT2D eigenvalue weighted by molar-refractivity contribution is 5.57. The van der Waals surface area contributed by atoms with Crippen molar-refractivity contribution >= 4 is 6.08 Å². The average Bonchev–Trinajstić information content (AvgIpc) is 2.44. The number of methoxy groups -OCH3 is 1. The Hall–Kier alpha value is -1.24. The van der Waals surface area contributed by atoms with Crippen molar-refractivity contribution in [3.63, 3.8) is 0 Å². The summed E-state index contributed by atoms with van der Waals surface area (Å²) in [6, 6.07) is 8.36. The Morgan fingerprint density at radius 1 is 1.00 bits per heavy atom. The van der Waals surface area contributed by atoms with E-state index in [2.05, 4.69) is 30.4 Å². The van der Waals surface area contributed by atoms with Gasteiger partial charge in [-0.2, -0.15) is 0 Å². The Bertz CT molecular complexity index is 493. The van der Waals surface area contributed by atoms with E-state index in [4.69, 9.17) is 4.74 Å². The van der Waals surface area contributed by atoms with E-state index in [-0.39, 0.29) is 0 Å². The first kappa shape index (κ1) is 12.5.